The number of hydrogen-bond acceptors (Lipinski definition) is 5. The molecule has 3 heterocycles. The van der Waals surface area contributed by atoms with Gasteiger partial charge in [0.05, 0.1) is 0 Å². The van der Waals surface area contributed by atoms with E-state index in [0.29, 0.717) is 37.5 Å². The number of carbonyl (C=O) groups is 4. The maximum atomic E-state index is 12.8. The standard InChI is InChI=1S/C23H29N3O5/c1-23(2,3)31-22(30)25-9-8-15(12-25)10-14-4-5-17-16(11-14)13-26(21(17)29)18-6-7-19(27)24-20(18)28/h4-5,11,15,18H,6-10,12-13H2,1-3H3,(H,24,27,28)/t15-,18?/m1/s1. The molecular weight excluding hydrogens is 398 g/mol. The number of carbonyl (C=O) groups excluding carboxylic acids is 4. The fourth-order valence-electron chi connectivity index (χ4n) is 4.58. The van der Waals surface area contributed by atoms with Crippen LogP contribution in [0, 0.1) is 5.92 Å². The van der Waals surface area contributed by atoms with Crippen molar-refractivity contribution in [3.8, 4) is 0 Å². The average Bonchev–Trinajstić information content (AvgIpc) is 3.25. The van der Waals surface area contributed by atoms with Gasteiger partial charge in [-0.15, -0.1) is 0 Å². The van der Waals surface area contributed by atoms with E-state index in [2.05, 4.69) is 5.32 Å². The predicted molar refractivity (Wildman–Crippen MR) is 112 cm³/mol. The van der Waals surface area contributed by atoms with E-state index in [4.69, 9.17) is 4.74 Å². The molecule has 1 aromatic rings. The van der Waals surface area contributed by atoms with Gasteiger partial charge in [-0.3, -0.25) is 19.7 Å². The summed E-state index contributed by atoms with van der Waals surface area (Å²) >= 11 is 0. The highest BCUT2D eigenvalue weighted by atomic mass is 16.6. The molecule has 0 spiro atoms. The summed E-state index contributed by atoms with van der Waals surface area (Å²) in [5.74, 6) is -0.502. The van der Waals surface area contributed by atoms with Gasteiger partial charge in [0.2, 0.25) is 11.8 Å². The molecule has 0 aliphatic carbocycles. The van der Waals surface area contributed by atoms with E-state index in [1.807, 2.05) is 39.0 Å². The molecule has 4 amide bonds. The molecule has 0 saturated carbocycles. The van der Waals surface area contributed by atoms with Gasteiger partial charge in [0.15, 0.2) is 0 Å². The molecular formula is C23H29N3O5. The minimum Gasteiger partial charge on any atom is -0.444 e. The predicted octanol–water partition coefficient (Wildman–Crippen LogP) is 2.25. The number of likely N-dealkylation sites (tertiary alicyclic amines) is 1. The van der Waals surface area contributed by atoms with Gasteiger partial charge in [0, 0.05) is 31.6 Å². The van der Waals surface area contributed by atoms with E-state index >= 15 is 0 Å². The Labute approximate surface area is 181 Å². The molecule has 8 nitrogen and oxygen atoms in total. The van der Waals surface area contributed by atoms with Crippen molar-refractivity contribution in [2.45, 2.75) is 64.6 Å². The number of amides is 4. The van der Waals surface area contributed by atoms with Crippen LogP contribution in [-0.2, 0) is 27.3 Å². The molecule has 8 heteroatoms. The van der Waals surface area contributed by atoms with Crippen molar-refractivity contribution >= 4 is 23.8 Å². The Morgan fingerprint density at radius 1 is 1.19 bits per heavy atom. The van der Waals surface area contributed by atoms with Crippen molar-refractivity contribution in [1.82, 2.24) is 15.1 Å². The highest BCUT2D eigenvalue weighted by Gasteiger charge is 2.39. The first kappa shape index (κ1) is 21.3. The number of fused-ring (bicyclic) bond motifs is 1. The third-order valence-electron chi connectivity index (χ3n) is 6.05. The quantitative estimate of drug-likeness (QED) is 0.747. The lowest BCUT2D eigenvalue weighted by Gasteiger charge is -2.29. The van der Waals surface area contributed by atoms with Crippen LogP contribution in [0.15, 0.2) is 18.2 Å². The van der Waals surface area contributed by atoms with Gasteiger partial charge >= 0.3 is 6.09 Å². The second-order valence-corrected chi connectivity index (χ2v) is 9.68. The van der Waals surface area contributed by atoms with E-state index in [-0.39, 0.29) is 24.3 Å². The number of rotatable bonds is 3. The van der Waals surface area contributed by atoms with Gasteiger partial charge in [-0.1, -0.05) is 12.1 Å². The Balaban J connectivity index is 1.38. The first-order valence-electron chi connectivity index (χ1n) is 10.8. The van der Waals surface area contributed by atoms with Crippen molar-refractivity contribution in [1.29, 1.82) is 0 Å². The van der Waals surface area contributed by atoms with E-state index in [9.17, 15) is 19.2 Å². The molecule has 3 aliphatic heterocycles. The summed E-state index contributed by atoms with van der Waals surface area (Å²) in [6.45, 7) is 7.32. The van der Waals surface area contributed by atoms with Crippen molar-refractivity contribution in [2.24, 2.45) is 5.92 Å². The maximum absolute atomic E-state index is 12.8. The molecule has 31 heavy (non-hydrogen) atoms. The molecule has 2 saturated heterocycles. The Morgan fingerprint density at radius 2 is 1.97 bits per heavy atom. The Hall–Kier alpha value is -2.90. The van der Waals surface area contributed by atoms with Gasteiger partial charge in [0.25, 0.3) is 5.91 Å². The van der Waals surface area contributed by atoms with Crippen LogP contribution in [0.2, 0.25) is 0 Å². The normalized spacial score (nSPS) is 23.8. The van der Waals surface area contributed by atoms with Crippen LogP contribution in [0.3, 0.4) is 0 Å². The van der Waals surface area contributed by atoms with Gasteiger partial charge in [-0.05, 0) is 63.1 Å². The fraction of sp³-hybridized carbons (Fsp3) is 0.565. The summed E-state index contributed by atoms with van der Waals surface area (Å²) in [5, 5.41) is 2.33. The Bertz CT molecular complexity index is 936. The summed E-state index contributed by atoms with van der Waals surface area (Å²) in [6, 6.07) is 5.23. The second kappa shape index (κ2) is 7.98. The van der Waals surface area contributed by atoms with Crippen LogP contribution >= 0.6 is 0 Å². The molecule has 2 atom stereocenters. The van der Waals surface area contributed by atoms with E-state index < -0.39 is 17.6 Å². The summed E-state index contributed by atoms with van der Waals surface area (Å²) in [6.07, 6.45) is 2.07. The van der Waals surface area contributed by atoms with E-state index in [1.165, 1.54) is 0 Å². The Kier molecular flexibility index (Phi) is 5.49. The number of ether oxygens (including phenoxy) is 1. The third-order valence-corrected chi connectivity index (χ3v) is 6.05. The molecule has 0 aromatic heterocycles. The largest absolute Gasteiger partial charge is 0.444 e. The van der Waals surface area contributed by atoms with Crippen LogP contribution < -0.4 is 5.32 Å². The van der Waals surface area contributed by atoms with Crippen LogP contribution in [0.25, 0.3) is 0 Å². The molecule has 0 radical (unpaired) electrons. The summed E-state index contributed by atoms with van der Waals surface area (Å²) in [7, 11) is 0. The highest BCUT2D eigenvalue weighted by molar-refractivity contribution is 6.05. The van der Waals surface area contributed by atoms with Crippen molar-refractivity contribution in [3.63, 3.8) is 0 Å². The molecule has 1 N–H and O–H groups in total. The van der Waals surface area contributed by atoms with Crippen molar-refractivity contribution in [2.75, 3.05) is 13.1 Å². The lowest BCUT2D eigenvalue weighted by molar-refractivity contribution is -0.136. The van der Waals surface area contributed by atoms with Gasteiger partial charge in [-0.2, -0.15) is 0 Å². The van der Waals surface area contributed by atoms with Gasteiger partial charge < -0.3 is 14.5 Å². The molecule has 4 rings (SSSR count). The zero-order chi connectivity index (χ0) is 22.3. The topological polar surface area (TPSA) is 96.0 Å². The van der Waals surface area contributed by atoms with Gasteiger partial charge in [-0.25, -0.2) is 4.79 Å². The van der Waals surface area contributed by atoms with Crippen LogP contribution in [0.1, 0.15) is 61.5 Å². The number of piperidine rings is 1. The highest BCUT2D eigenvalue weighted by Crippen LogP contribution is 2.30. The lowest BCUT2D eigenvalue weighted by Crippen LogP contribution is -2.52. The minimum atomic E-state index is -0.599. The third kappa shape index (κ3) is 4.57. The van der Waals surface area contributed by atoms with Crippen LogP contribution in [0.4, 0.5) is 4.79 Å². The number of hydrogen-bond donors (Lipinski definition) is 1. The summed E-state index contributed by atoms with van der Waals surface area (Å²) < 4.78 is 5.47. The lowest BCUT2D eigenvalue weighted by atomic mass is 9.96. The van der Waals surface area contributed by atoms with Crippen molar-refractivity contribution in [3.05, 3.63) is 34.9 Å². The van der Waals surface area contributed by atoms with Crippen LogP contribution in [-0.4, -0.2) is 58.3 Å². The number of benzene rings is 1. The Morgan fingerprint density at radius 3 is 2.68 bits per heavy atom. The first-order chi connectivity index (χ1) is 14.6. The molecule has 2 fully saturated rings. The second-order valence-electron chi connectivity index (χ2n) is 9.68. The van der Waals surface area contributed by atoms with Gasteiger partial charge in [0.1, 0.15) is 11.6 Å². The molecule has 166 valence electrons. The summed E-state index contributed by atoms with van der Waals surface area (Å²) in [4.78, 5) is 52.0. The zero-order valence-corrected chi connectivity index (χ0v) is 18.3. The van der Waals surface area contributed by atoms with E-state index in [0.717, 1.165) is 24.0 Å². The average molecular weight is 428 g/mol. The first-order valence-corrected chi connectivity index (χ1v) is 10.8. The maximum Gasteiger partial charge on any atom is 0.410 e. The molecule has 1 aromatic carbocycles. The minimum absolute atomic E-state index is 0.159. The van der Waals surface area contributed by atoms with Crippen LogP contribution in [0.5, 0.6) is 0 Å². The zero-order valence-electron chi connectivity index (χ0n) is 18.3. The van der Waals surface area contributed by atoms with Crippen molar-refractivity contribution < 1.29 is 23.9 Å². The number of nitrogens with zero attached hydrogens (tertiary/aromatic N) is 2. The molecule has 3 aliphatic rings. The fourth-order valence-corrected chi connectivity index (χ4v) is 4.58. The summed E-state index contributed by atoms with van der Waals surface area (Å²) in [5.41, 5.74) is 2.15. The SMILES string of the molecule is CC(C)(C)OC(=O)N1CC[C@H](Cc2ccc3c(c2)CN(C2CCC(=O)NC2=O)C3=O)C1. The molecule has 1 unspecified atom stereocenters. The smallest absolute Gasteiger partial charge is 0.410 e. The molecule has 0 bridgehead atoms. The monoisotopic (exact) mass is 427 g/mol. The number of nitrogens with one attached hydrogen (secondary N) is 1. The number of imide groups is 1. The van der Waals surface area contributed by atoms with E-state index in [1.54, 1.807) is 9.80 Å².